The zero-order chi connectivity index (χ0) is 16.4. The highest BCUT2D eigenvalue weighted by Crippen LogP contribution is 2.33. The van der Waals surface area contributed by atoms with Gasteiger partial charge in [0.2, 0.25) is 0 Å². The number of amides is 1. The molecule has 0 atom stereocenters. The van der Waals surface area contributed by atoms with Crippen molar-refractivity contribution in [2.75, 3.05) is 12.4 Å². The zero-order valence-corrected chi connectivity index (χ0v) is 13.9. The molecule has 2 heterocycles. The standard InChI is InChI=1S/C15H12FN3O2S2/c1-8-13(23-7-17-8)14(20)19-15-18-11(6-22-15)10-5-9(16)3-4-12(10)21-2/h3-7H,1-2H3,(H,18,19,20). The van der Waals surface area contributed by atoms with Crippen LogP contribution in [0.1, 0.15) is 15.4 Å². The van der Waals surface area contributed by atoms with Crippen LogP contribution in [0, 0.1) is 12.7 Å². The average molecular weight is 349 g/mol. The number of ether oxygens (including phenoxy) is 1. The summed E-state index contributed by atoms with van der Waals surface area (Å²) in [6.45, 7) is 1.77. The van der Waals surface area contributed by atoms with Crippen LogP contribution in [-0.4, -0.2) is 23.0 Å². The fourth-order valence-electron chi connectivity index (χ4n) is 2.01. The second-order valence-electron chi connectivity index (χ2n) is 4.60. The van der Waals surface area contributed by atoms with Crippen LogP contribution in [0.4, 0.5) is 9.52 Å². The molecule has 23 heavy (non-hydrogen) atoms. The van der Waals surface area contributed by atoms with Gasteiger partial charge in [-0.25, -0.2) is 14.4 Å². The van der Waals surface area contributed by atoms with Crippen molar-refractivity contribution in [1.29, 1.82) is 0 Å². The van der Waals surface area contributed by atoms with E-state index in [9.17, 15) is 9.18 Å². The van der Waals surface area contributed by atoms with Gasteiger partial charge in [0.15, 0.2) is 5.13 Å². The lowest BCUT2D eigenvalue weighted by atomic mass is 10.1. The maximum atomic E-state index is 13.5. The van der Waals surface area contributed by atoms with E-state index < -0.39 is 0 Å². The molecule has 0 bridgehead atoms. The van der Waals surface area contributed by atoms with E-state index in [0.717, 1.165) is 0 Å². The van der Waals surface area contributed by atoms with Crippen molar-refractivity contribution in [3.05, 3.63) is 45.5 Å². The topological polar surface area (TPSA) is 64.1 Å². The first-order chi connectivity index (χ1) is 11.1. The molecule has 0 saturated carbocycles. The number of anilines is 1. The van der Waals surface area contributed by atoms with Crippen LogP contribution in [0.3, 0.4) is 0 Å². The molecule has 3 rings (SSSR count). The van der Waals surface area contributed by atoms with E-state index >= 15 is 0 Å². The highest BCUT2D eigenvalue weighted by molar-refractivity contribution is 7.14. The molecule has 0 fully saturated rings. The molecule has 0 aliphatic heterocycles. The van der Waals surface area contributed by atoms with Crippen LogP contribution in [-0.2, 0) is 0 Å². The Labute approximate surface area is 139 Å². The Balaban J connectivity index is 1.85. The largest absolute Gasteiger partial charge is 0.496 e. The normalized spacial score (nSPS) is 10.6. The van der Waals surface area contributed by atoms with Crippen LogP contribution in [0.5, 0.6) is 5.75 Å². The molecule has 5 nitrogen and oxygen atoms in total. The minimum absolute atomic E-state index is 0.253. The Morgan fingerprint density at radius 3 is 2.87 bits per heavy atom. The maximum absolute atomic E-state index is 13.5. The van der Waals surface area contributed by atoms with Crippen molar-refractivity contribution in [1.82, 2.24) is 9.97 Å². The van der Waals surface area contributed by atoms with E-state index in [1.165, 1.54) is 41.9 Å². The number of carbonyl (C=O) groups excluding carboxylic acids is 1. The lowest BCUT2D eigenvalue weighted by Crippen LogP contribution is -2.11. The third-order valence-electron chi connectivity index (χ3n) is 3.11. The summed E-state index contributed by atoms with van der Waals surface area (Å²) in [4.78, 5) is 21.1. The second-order valence-corrected chi connectivity index (χ2v) is 6.32. The summed E-state index contributed by atoms with van der Waals surface area (Å²) in [5.41, 5.74) is 3.38. The van der Waals surface area contributed by atoms with Crippen molar-refractivity contribution in [3.8, 4) is 17.0 Å². The van der Waals surface area contributed by atoms with Crippen LogP contribution in [0.25, 0.3) is 11.3 Å². The van der Waals surface area contributed by atoms with Crippen molar-refractivity contribution in [2.24, 2.45) is 0 Å². The summed E-state index contributed by atoms with van der Waals surface area (Å²) < 4.78 is 18.7. The van der Waals surface area contributed by atoms with Crippen molar-refractivity contribution in [3.63, 3.8) is 0 Å². The number of benzene rings is 1. The average Bonchev–Trinajstić information content (AvgIpc) is 3.16. The van der Waals surface area contributed by atoms with Gasteiger partial charge in [0.1, 0.15) is 16.4 Å². The predicted octanol–water partition coefficient (Wildman–Crippen LogP) is 3.98. The summed E-state index contributed by atoms with van der Waals surface area (Å²) in [6.07, 6.45) is 0. The number of hydrogen-bond acceptors (Lipinski definition) is 6. The number of aryl methyl sites for hydroxylation is 1. The van der Waals surface area contributed by atoms with Gasteiger partial charge in [0.25, 0.3) is 5.91 Å². The smallest absolute Gasteiger partial charge is 0.269 e. The summed E-state index contributed by atoms with van der Waals surface area (Å²) in [7, 11) is 1.51. The molecule has 3 aromatic rings. The minimum atomic E-state index is -0.375. The highest BCUT2D eigenvalue weighted by atomic mass is 32.1. The molecule has 1 N–H and O–H groups in total. The van der Waals surface area contributed by atoms with Crippen LogP contribution >= 0.6 is 22.7 Å². The lowest BCUT2D eigenvalue weighted by Gasteiger charge is -2.05. The number of halogens is 1. The van der Waals surface area contributed by atoms with Crippen LogP contribution in [0.15, 0.2) is 29.1 Å². The van der Waals surface area contributed by atoms with Crippen molar-refractivity contribution in [2.45, 2.75) is 6.92 Å². The summed E-state index contributed by atoms with van der Waals surface area (Å²) in [5, 5.41) is 4.91. The van der Waals surface area contributed by atoms with Gasteiger partial charge < -0.3 is 4.74 Å². The predicted molar refractivity (Wildman–Crippen MR) is 88.9 cm³/mol. The lowest BCUT2D eigenvalue weighted by molar-refractivity contribution is 0.103. The molecule has 0 aliphatic carbocycles. The first kappa shape index (κ1) is 15.6. The quantitative estimate of drug-likeness (QED) is 0.774. The Morgan fingerprint density at radius 1 is 1.35 bits per heavy atom. The number of rotatable bonds is 4. The van der Waals surface area contributed by atoms with Gasteiger partial charge in [0, 0.05) is 10.9 Å². The number of hydrogen-bond donors (Lipinski definition) is 1. The van der Waals surface area contributed by atoms with E-state index in [1.807, 2.05) is 0 Å². The highest BCUT2D eigenvalue weighted by Gasteiger charge is 2.15. The van der Waals surface area contributed by atoms with Gasteiger partial charge in [0.05, 0.1) is 24.0 Å². The summed E-state index contributed by atoms with van der Waals surface area (Å²) in [5.74, 6) is -0.107. The van der Waals surface area contributed by atoms with Gasteiger partial charge in [-0.1, -0.05) is 0 Å². The molecule has 118 valence electrons. The molecule has 8 heteroatoms. The monoisotopic (exact) mass is 349 g/mol. The number of carbonyl (C=O) groups is 1. The summed E-state index contributed by atoms with van der Waals surface area (Å²) >= 11 is 2.54. The maximum Gasteiger partial charge on any atom is 0.269 e. The van der Waals surface area contributed by atoms with Gasteiger partial charge in [-0.05, 0) is 25.1 Å². The number of methoxy groups -OCH3 is 1. The number of nitrogens with one attached hydrogen (secondary N) is 1. The number of aromatic nitrogens is 2. The molecule has 1 aromatic carbocycles. The Hall–Kier alpha value is -2.32. The fraction of sp³-hybridized carbons (Fsp3) is 0.133. The molecule has 0 unspecified atom stereocenters. The second kappa shape index (κ2) is 6.43. The van der Waals surface area contributed by atoms with Crippen LogP contribution in [0.2, 0.25) is 0 Å². The van der Waals surface area contributed by atoms with E-state index in [2.05, 4.69) is 15.3 Å². The van der Waals surface area contributed by atoms with Crippen molar-refractivity contribution >= 4 is 33.7 Å². The molecule has 0 radical (unpaired) electrons. The Morgan fingerprint density at radius 2 is 2.17 bits per heavy atom. The third kappa shape index (κ3) is 3.22. The van der Waals surface area contributed by atoms with Gasteiger partial charge in [-0.3, -0.25) is 10.1 Å². The summed E-state index contributed by atoms with van der Waals surface area (Å²) in [6, 6.07) is 4.22. The molecule has 0 spiro atoms. The number of thiazole rings is 2. The molecule has 1 amide bonds. The minimum Gasteiger partial charge on any atom is -0.496 e. The van der Waals surface area contributed by atoms with E-state index in [-0.39, 0.29) is 11.7 Å². The number of nitrogens with zero attached hydrogens (tertiary/aromatic N) is 2. The third-order valence-corrected chi connectivity index (χ3v) is 4.80. The van der Waals surface area contributed by atoms with E-state index in [4.69, 9.17) is 4.74 Å². The fourth-order valence-corrected chi connectivity index (χ4v) is 3.41. The van der Waals surface area contributed by atoms with Crippen LogP contribution < -0.4 is 10.1 Å². The van der Waals surface area contributed by atoms with Crippen molar-refractivity contribution < 1.29 is 13.9 Å². The van der Waals surface area contributed by atoms with Gasteiger partial charge in [-0.2, -0.15) is 0 Å². The van der Waals surface area contributed by atoms with Gasteiger partial charge in [-0.15, -0.1) is 22.7 Å². The Bertz CT molecular complexity index is 860. The van der Waals surface area contributed by atoms with E-state index in [0.29, 0.717) is 32.7 Å². The van der Waals surface area contributed by atoms with Gasteiger partial charge >= 0.3 is 0 Å². The van der Waals surface area contributed by atoms with E-state index in [1.54, 1.807) is 23.9 Å². The molecule has 2 aromatic heterocycles. The molecular weight excluding hydrogens is 337 g/mol. The SMILES string of the molecule is COc1ccc(F)cc1-c1csc(NC(=O)c2scnc2C)n1. The molecule has 0 saturated heterocycles. The zero-order valence-electron chi connectivity index (χ0n) is 12.3. The molecular formula is C15H12FN3O2S2. The first-order valence-electron chi connectivity index (χ1n) is 6.59. The first-order valence-corrected chi connectivity index (χ1v) is 8.35. The Kier molecular flexibility index (Phi) is 4.35. The molecule has 0 aliphatic rings.